The number of nitrogens with one attached hydrogen (secondary N) is 1. The van der Waals surface area contributed by atoms with Crippen molar-refractivity contribution < 1.29 is 28.1 Å². The van der Waals surface area contributed by atoms with E-state index in [0.717, 1.165) is 51.4 Å². The summed E-state index contributed by atoms with van der Waals surface area (Å²) in [5.74, 6) is 0.548. The van der Waals surface area contributed by atoms with Crippen molar-refractivity contribution in [2.45, 2.75) is 122 Å². The van der Waals surface area contributed by atoms with Crippen molar-refractivity contribution >= 4 is 22.6 Å². The van der Waals surface area contributed by atoms with Crippen molar-refractivity contribution in [2.24, 2.45) is 10.7 Å². The van der Waals surface area contributed by atoms with Crippen LogP contribution in [0.25, 0.3) is 0 Å². The van der Waals surface area contributed by atoms with Gasteiger partial charge in [0.1, 0.15) is 35.4 Å². The Bertz CT molecular complexity index is 891. The van der Waals surface area contributed by atoms with E-state index < -0.39 is 43.1 Å². The van der Waals surface area contributed by atoms with Crippen LogP contribution in [0.15, 0.2) is 17.3 Å². The zero-order chi connectivity index (χ0) is 28.9. The van der Waals surface area contributed by atoms with Crippen molar-refractivity contribution in [3.05, 3.63) is 17.8 Å². The Morgan fingerprint density at radius 2 is 1.50 bits per heavy atom. The maximum atomic E-state index is 16.9. The number of ether oxygens (including phenoxy) is 5. The fourth-order valence-electron chi connectivity index (χ4n) is 4.88. The molecule has 1 aromatic heterocycles. The monoisotopic (exact) mass is 588 g/mol. The third kappa shape index (κ3) is 8.86. The normalized spacial score (nSPS) is 28.6. The van der Waals surface area contributed by atoms with Crippen molar-refractivity contribution in [2.75, 3.05) is 38.4 Å². The Hall–Kier alpha value is -1.27. The number of rotatable bonds is 18. The van der Waals surface area contributed by atoms with Crippen LogP contribution >= 0.6 is 11.6 Å². The summed E-state index contributed by atoms with van der Waals surface area (Å²) in [4.78, 5) is 4.18. The van der Waals surface area contributed by atoms with E-state index in [1.165, 1.54) is 0 Å². The van der Waals surface area contributed by atoms with E-state index in [-0.39, 0.29) is 11.8 Å². The first-order valence-electron chi connectivity index (χ1n) is 15.1. The molecule has 7 atom stereocenters. The highest BCUT2D eigenvalue weighted by molar-refractivity contribution is 6.70. The lowest BCUT2D eigenvalue weighted by Gasteiger charge is -2.34. The number of halogens is 2. The van der Waals surface area contributed by atoms with Crippen molar-refractivity contribution in [3.63, 3.8) is 0 Å². The van der Waals surface area contributed by atoms with E-state index >= 15 is 4.39 Å². The summed E-state index contributed by atoms with van der Waals surface area (Å²) >= 11 is 6.39. The second-order valence-electron chi connectivity index (χ2n) is 10.5. The lowest BCUT2D eigenvalue weighted by Crippen LogP contribution is -2.51. The number of unbranched alkanes of at least 4 members (excludes halogenated alkanes) is 4. The summed E-state index contributed by atoms with van der Waals surface area (Å²) in [7, 11) is 0. The molecule has 0 spiro atoms. The van der Waals surface area contributed by atoms with Gasteiger partial charge in [0.25, 0.3) is 0 Å². The largest absolute Gasteiger partial charge is 0.379 e. The Morgan fingerprint density at radius 3 is 2.12 bits per heavy atom. The molecule has 9 nitrogen and oxygen atoms in total. The van der Waals surface area contributed by atoms with E-state index in [9.17, 15) is 0 Å². The van der Waals surface area contributed by atoms with Crippen LogP contribution in [0.2, 0.25) is 0 Å². The fourth-order valence-corrected chi connectivity index (χ4v) is 5.14. The van der Waals surface area contributed by atoms with Crippen LogP contribution in [0.5, 0.6) is 0 Å². The Kier molecular flexibility index (Phi) is 14.6. The lowest BCUT2D eigenvalue weighted by atomic mass is 10.00. The zero-order valence-corrected chi connectivity index (χ0v) is 25.4. The summed E-state index contributed by atoms with van der Waals surface area (Å²) in [6.07, 6.45) is 2.92. The molecule has 0 radical (unpaired) electrons. The predicted octanol–water partition coefficient (Wildman–Crippen LogP) is 5.75. The number of nitrogens with zero attached hydrogens (tertiary/aromatic N) is 2. The first kappa shape index (κ1) is 33.2. The Labute approximate surface area is 244 Å². The molecule has 3 N–H and O–H groups in total. The van der Waals surface area contributed by atoms with Crippen LogP contribution in [0, 0.1) is 0 Å². The van der Waals surface area contributed by atoms with E-state index in [2.05, 4.69) is 38.0 Å². The van der Waals surface area contributed by atoms with Crippen molar-refractivity contribution in [3.8, 4) is 0 Å². The fraction of sp³-hybridized carbons (Fsp3) is 0.828. The molecule has 2 aliphatic rings. The Morgan fingerprint density at radius 1 is 0.925 bits per heavy atom. The summed E-state index contributed by atoms with van der Waals surface area (Å²) in [5, 5.41) is 3.38. The average molecular weight is 589 g/mol. The van der Waals surface area contributed by atoms with Gasteiger partial charge in [-0.05, 0) is 31.7 Å². The SMILES string of the molecule is CCCCOC[C@H]1O[C@@H](n2ccc3c2NC(N)N=C3Cl)[C@@H](F)[C@H](OCCCC)[C@@H](OCCCC)[C@@H]1OCCCC. The van der Waals surface area contributed by atoms with Gasteiger partial charge in [-0.25, -0.2) is 9.38 Å². The molecule has 0 amide bonds. The first-order chi connectivity index (χ1) is 19.5. The van der Waals surface area contributed by atoms with Gasteiger partial charge in [-0.2, -0.15) is 0 Å². The van der Waals surface area contributed by atoms with Gasteiger partial charge in [0, 0.05) is 32.6 Å². The van der Waals surface area contributed by atoms with Crippen LogP contribution < -0.4 is 11.1 Å². The third-order valence-corrected chi connectivity index (χ3v) is 7.51. The first-order valence-corrected chi connectivity index (χ1v) is 15.5. The number of nitrogens with two attached hydrogens (primary N) is 1. The summed E-state index contributed by atoms with van der Waals surface area (Å²) in [6, 6.07) is 1.78. The molecular weight excluding hydrogens is 539 g/mol. The molecule has 0 bridgehead atoms. The van der Waals surface area contributed by atoms with Gasteiger partial charge in [0.15, 0.2) is 18.7 Å². The summed E-state index contributed by atoms with van der Waals surface area (Å²) in [6.45, 7) is 10.6. The predicted molar refractivity (Wildman–Crippen MR) is 157 cm³/mol. The van der Waals surface area contributed by atoms with Crippen LogP contribution in [0.1, 0.15) is 90.9 Å². The van der Waals surface area contributed by atoms with Crippen LogP contribution in [0.4, 0.5) is 10.2 Å². The number of hydrogen-bond acceptors (Lipinski definition) is 8. The maximum absolute atomic E-state index is 16.9. The molecular formula is C29H50ClFN4O5. The van der Waals surface area contributed by atoms with E-state index in [1.54, 1.807) is 16.8 Å². The molecule has 1 aromatic rings. The third-order valence-electron chi connectivity index (χ3n) is 7.21. The molecule has 0 saturated carbocycles. The van der Waals surface area contributed by atoms with Gasteiger partial charge in [-0.15, -0.1) is 0 Å². The molecule has 0 aliphatic carbocycles. The zero-order valence-electron chi connectivity index (χ0n) is 24.7. The van der Waals surface area contributed by atoms with E-state index in [1.807, 2.05) is 0 Å². The van der Waals surface area contributed by atoms with Gasteiger partial charge in [-0.3, -0.25) is 5.73 Å². The molecule has 2 aliphatic heterocycles. The van der Waals surface area contributed by atoms with Gasteiger partial charge < -0.3 is 33.6 Å². The highest BCUT2D eigenvalue weighted by atomic mass is 35.5. The van der Waals surface area contributed by atoms with Gasteiger partial charge >= 0.3 is 0 Å². The van der Waals surface area contributed by atoms with Gasteiger partial charge in [0.2, 0.25) is 0 Å². The topological polar surface area (TPSA) is 101 Å². The minimum absolute atomic E-state index is 0.244. The molecule has 40 heavy (non-hydrogen) atoms. The molecule has 3 heterocycles. The minimum atomic E-state index is -1.58. The minimum Gasteiger partial charge on any atom is -0.379 e. The molecule has 3 rings (SSSR count). The van der Waals surface area contributed by atoms with Crippen molar-refractivity contribution in [1.29, 1.82) is 0 Å². The maximum Gasteiger partial charge on any atom is 0.174 e. The van der Waals surface area contributed by atoms with E-state index in [0.29, 0.717) is 37.8 Å². The van der Waals surface area contributed by atoms with Crippen LogP contribution in [-0.4, -0.2) is 79.6 Å². The summed E-state index contributed by atoms with van der Waals surface area (Å²) < 4.78 is 50.4. The van der Waals surface area contributed by atoms with Gasteiger partial charge in [0.05, 0.1) is 12.2 Å². The van der Waals surface area contributed by atoms with Crippen LogP contribution in [-0.2, 0) is 23.7 Å². The summed E-state index contributed by atoms with van der Waals surface area (Å²) in [5.41, 5.74) is 6.69. The van der Waals surface area contributed by atoms with Crippen molar-refractivity contribution in [1.82, 2.24) is 4.57 Å². The Balaban J connectivity index is 2.03. The molecule has 1 fully saturated rings. The number of alkyl halides is 1. The number of aliphatic imine (C=N–C) groups is 1. The standard InChI is InChI=1S/C29H50ClFN4O5/c1-5-9-15-36-19-21-23(37-16-10-6-2)25(39-18-12-8-4)24(38-17-11-7-3)22(31)28(40-21)35-14-13-20-26(30)33-29(32)34-27(20)35/h13-14,21-25,28-29,34H,5-12,15-19,32H2,1-4H3/t21-,22+,23-,24+,25+,28-,29?/m1/s1. The van der Waals surface area contributed by atoms with Gasteiger partial charge in [-0.1, -0.05) is 65.0 Å². The molecule has 1 unspecified atom stereocenters. The number of anilines is 1. The number of hydrogen-bond donors (Lipinski definition) is 2. The molecule has 1 saturated heterocycles. The quantitative estimate of drug-likeness (QED) is 0.211. The number of fused-ring (bicyclic) bond motifs is 1. The number of aromatic nitrogens is 1. The molecule has 230 valence electrons. The second kappa shape index (κ2) is 17.6. The molecule has 11 heteroatoms. The van der Waals surface area contributed by atoms with E-state index in [4.69, 9.17) is 41.0 Å². The average Bonchev–Trinajstić information content (AvgIpc) is 3.32. The smallest absolute Gasteiger partial charge is 0.174 e. The second-order valence-corrected chi connectivity index (χ2v) is 10.9. The highest BCUT2D eigenvalue weighted by Crippen LogP contribution is 2.38. The lowest BCUT2D eigenvalue weighted by molar-refractivity contribution is -0.176. The highest BCUT2D eigenvalue weighted by Gasteiger charge is 2.50. The van der Waals surface area contributed by atoms with Crippen LogP contribution in [0.3, 0.4) is 0 Å². The molecule has 0 aromatic carbocycles.